The van der Waals surface area contributed by atoms with E-state index < -0.39 is 0 Å². The molecule has 1 aromatic rings. The maximum Gasteiger partial charge on any atom is 0.188 e. The molecule has 0 bridgehead atoms. The first-order valence-corrected chi connectivity index (χ1v) is 3.94. The summed E-state index contributed by atoms with van der Waals surface area (Å²) >= 11 is 0. The van der Waals surface area contributed by atoms with E-state index in [1.54, 1.807) is 31.4 Å². The minimum absolute atomic E-state index is 0.0404. The van der Waals surface area contributed by atoms with Crippen LogP contribution in [0.1, 0.15) is 10.4 Å². The number of carbonyl (C=O) groups is 1. The van der Waals surface area contributed by atoms with Crippen molar-refractivity contribution < 1.29 is 14.3 Å². The van der Waals surface area contributed by atoms with Crippen molar-refractivity contribution in [1.29, 1.82) is 0 Å². The summed E-state index contributed by atoms with van der Waals surface area (Å²) in [5, 5.41) is 0. The Morgan fingerprint density at radius 1 is 1.38 bits per heavy atom. The van der Waals surface area contributed by atoms with Gasteiger partial charge in [-0.1, -0.05) is 12.1 Å². The lowest BCUT2D eigenvalue weighted by atomic mass is 10.1. The molecule has 13 heavy (non-hydrogen) atoms. The standard InChI is InChI=1S/C10H12O3/c1-12-7-10(11)8-4-3-5-9(6-8)13-2/h3-6H,7H2,1-2H3. The highest BCUT2D eigenvalue weighted by Crippen LogP contribution is 2.12. The minimum atomic E-state index is -0.0404. The number of hydrogen-bond donors (Lipinski definition) is 0. The Hall–Kier alpha value is -1.35. The zero-order chi connectivity index (χ0) is 9.68. The molecule has 0 aromatic heterocycles. The predicted molar refractivity (Wildman–Crippen MR) is 49.2 cm³/mol. The predicted octanol–water partition coefficient (Wildman–Crippen LogP) is 1.52. The van der Waals surface area contributed by atoms with Crippen LogP contribution in [0.2, 0.25) is 0 Å². The molecule has 1 rings (SSSR count). The molecule has 0 heterocycles. The van der Waals surface area contributed by atoms with Gasteiger partial charge in [0, 0.05) is 12.7 Å². The fourth-order valence-corrected chi connectivity index (χ4v) is 1.01. The Kier molecular flexibility index (Phi) is 3.46. The van der Waals surface area contributed by atoms with Crippen LogP contribution in [-0.2, 0) is 4.74 Å². The van der Waals surface area contributed by atoms with Gasteiger partial charge in [-0.3, -0.25) is 4.79 Å². The summed E-state index contributed by atoms with van der Waals surface area (Å²) in [6.45, 7) is 0.104. The summed E-state index contributed by atoms with van der Waals surface area (Å²) in [7, 11) is 3.07. The van der Waals surface area contributed by atoms with Crippen LogP contribution >= 0.6 is 0 Å². The summed E-state index contributed by atoms with van der Waals surface area (Å²) in [4.78, 5) is 11.3. The average Bonchev–Trinajstić information content (AvgIpc) is 2.18. The van der Waals surface area contributed by atoms with Gasteiger partial charge in [0.05, 0.1) is 7.11 Å². The zero-order valence-corrected chi connectivity index (χ0v) is 7.74. The lowest BCUT2D eigenvalue weighted by molar-refractivity contribution is 0.0847. The third-order valence-corrected chi connectivity index (χ3v) is 1.67. The largest absolute Gasteiger partial charge is 0.497 e. The molecule has 0 atom stereocenters. The molecule has 0 saturated heterocycles. The summed E-state index contributed by atoms with van der Waals surface area (Å²) in [6.07, 6.45) is 0. The third-order valence-electron chi connectivity index (χ3n) is 1.67. The molecular weight excluding hydrogens is 168 g/mol. The lowest BCUT2D eigenvalue weighted by Gasteiger charge is -2.02. The maximum absolute atomic E-state index is 11.3. The Bertz CT molecular complexity index is 294. The lowest BCUT2D eigenvalue weighted by Crippen LogP contribution is -2.06. The molecule has 0 radical (unpaired) electrons. The van der Waals surface area contributed by atoms with Gasteiger partial charge in [-0.25, -0.2) is 0 Å². The second-order valence-corrected chi connectivity index (χ2v) is 2.59. The molecule has 0 saturated carbocycles. The van der Waals surface area contributed by atoms with Gasteiger partial charge in [-0.05, 0) is 12.1 Å². The maximum atomic E-state index is 11.3. The highest BCUT2D eigenvalue weighted by molar-refractivity contribution is 5.97. The monoisotopic (exact) mass is 180 g/mol. The van der Waals surface area contributed by atoms with Crippen LogP contribution in [0.5, 0.6) is 5.75 Å². The average molecular weight is 180 g/mol. The van der Waals surface area contributed by atoms with Gasteiger partial charge in [-0.15, -0.1) is 0 Å². The van der Waals surface area contributed by atoms with Crippen LogP contribution in [0.15, 0.2) is 24.3 Å². The van der Waals surface area contributed by atoms with Crippen LogP contribution in [0.3, 0.4) is 0 Å². The van der Waals surface area contributed by atoms with Crippen LogP contribution in [0, 0.1) is 0 Å². The van der Waals surface area contributed by atoms with E-state index in [0.717, 1.165) is 0 Å². The molecule has 1 aromatic carbocycles. The number of Topliss-reactive ketones (excluding diaryl/α,β-unsaturated/α-hetero) is 1. The number of hydrogen-bond acceptors (Lipinski definition) is 3. The molecule has 3 heteroatoms. The van der Waals surface area contributed by atoms with E-state index in [2.05, 4.69) is 0 Å². The van der Waals surface area contributed by atoms with Crippen LogP contribution < -0.4 is 4.74 Å². The van der Waals surface area contributed by atoms with Crippen molar-refractivity contribution in [3.63, 3.8) is 0 Å². The fraction of sp³-hybridized carbons (Fsp3) is 0.300. The third kappa shape index (κ3) is 2.56. The van der Waals surface area contributed by atoms with Gasteiger partial charge in [0.15, 0.2) is 5.78 Å². The number of carbonyl (C=O) groups excluding carboxylic acids is 1. The summed E-state index contributed by atoms with van der Waals surface area (Å²) in [5.41, 5.74) is 0.612. The molecule has 0 aliphatic carbocycles. The molecule has 70 valence electrons. The zero-order valence-electron chi connectivity index (χ0n) is 7.74. The first-order valence-electron chi connectivity index (χ1n) is 3.94. The first-order chi connectivity index (χ1) is 6.27. The van der Waals surface area contributed by atoms with E-state index in [-0.39, 0.29) is 12.4 Å². The normalized spacial score (nSPS) is 9.69. The van der Waals surface area contributed by atoms with Crippen molar-refractivity contribution in [3.8, 4) is 5.75 Å². The van der Waals surface area contributed by atoms with Crippen LogP contribution in [0.25, 0.3) is 0 Å². The van der Waals surface area contributed by atoms with E-state index in [1.807, 2.05) is 0 Å². The second-order valence-electron chi connectivity index (χ2n) is 2.59. The Morgan fingerprint density at radius 3 is 2.77 bits per heavy atom. The topological polar surface area (TPSA) is 35.5 Å². The van der Waals surface area contributed by atoms with Gasteiger partial charge in [-0.2, -0.15) is 0 Å². The molecule has 0 N–H and O–H groups in total. The van der Waals surface area contributed by atoms with E-state index in [0.29, 0.717) is 11.3 Å². The van der Waals surface area contributed by atoms with E-state index >= 15 is 0 Å². The van der Waals surface area contributed by atoms with Crippen molar-refractivity contribution >= 4 is 5.78 Å². The number of ether oxygens (including phenoxy) is 2. The molecular formula is C10H12O3. The fourth-order valence-electron chi connectivity index (χ4n) is 1.01. The first kappa shape index (κ1) is 9.74. The SMILES string of the molecule is COCC(=O)c1cccc(OC)c1. The molecule has 0 amide bonds. The number of benzene rings is 1. The van der Waals surface area contributed by atoms with E-state index in [1.165, 1.54) is 7.11 Å². The van der Waals surface area contributed by atoms with E-state index in [9.17, 15) is 4.79 Å². The van der Waals surface area contributed by atoms with Gasteiger partial charge < -0.3 is 9.47 Å². The highest BCUT2D eigenvalue weighted by Gasteiger charge is 2.05. The summed E-state index contributed by atoms with van der Waals surface area (Å²) in [5.74, 6) is 0.642. The molecule has 3 nitrogen and oxygen atoms in total. The Balaban J connectivity index is 2.82. The van der Waals surface area contributed by atoms with Crippen molar-refractivity contribution in [2.45, 2.75) is 0 Å². The number of rotatable bonds is 4. The second kappa shape index (κ2) is 4.62. The van der Waals surface area contributed by atoms with Crippen molar-refractivity contribution in [3.05, 3.63) is 29.8 Å². The van der Waals surface area contributed by atoms with Crippen LogP contribution in [-0.4, -0.2) is 26.6 Å². The highest BCUT2D eigenvalue weighted by atomic mass is 16.5. The number of methoxy groups -OCH3 is 2. The minimum Gasteiger partial charge on any atom is -0.497 e. The van der Waals surface area contributed by atoms with Crippen LogP contribution in [0.4, 0.5) is 0 Å². The molecule has 0 unspecified atom stereocenters. The van der Waals surface area contributed by atoms with Gasteiger partial charge in [0.25, 0.3) is 0 Å². The summed E-state index contributed by atoms with van der Waals surface area (Å²) in [6, 6.07) is 7.01. The van der Waals surface area contributed by atoms with E-state index in [4.69, 9.17) is 9.47 Å². The Morgan fingerprint density at radius 2 is 2.15 bits per heavy atom. The quantitative estimate of drug-likeness (QED) is 0.659. The van der Waals surface area contributed by atoms with Gasteiger partial charge >= 0.3 is 0 Å². The van der Waals surface area contributed by atoms with Crippen molar-refractivity contribution in [1.82, 2.24) is 0 Å². The summed E-state index contributed by atoms with van der Waals surface area (Å²) < 4.78 is 9.73. The van der Waals surface area contributed by atoms with Gasteiger partial charge in [0.1, 0.15) is 12.4 Å². The number of ketones is 1. The Labute approximate surface area is 77.3 Å². The molecule has 0 fully saturated rings. The van der Waals surface area contributed by atoms with Gasteiger partial charge in [0.2, 0.25) is 0 Å². The molecule has 0 aliphatic rings. The van der Waals surface area contributed by atoms with Crippen molar-refractivity contribution in [2.75, 3.05) is 20.8 Å². The van der Waals surface area contributed by atoms with Crippen molar-refractivity contribution in [2.24, 2.45) is 0 Å². The molecule has 0 aliphatic heterocycles. The smallest absolute Gasteiger partial charge is 0.188 e. The molecule has 0 spiro atoms.